The van der Waals surface area contributed by atoms with Gasteiger partial charge >= 0.3 is 11.8 Å². The number of benzene rings is 2. The van der Waals surface area contributed by atoms with E-state index in [1.807, 2.05) is 0 Å². The average molecular weight is 374 g/mol. The molecule has 3 rings (SSSR count). The van der Waals surface area contributed by atoms with Crippen LogP contribution in [0.3, 0.4) is 0 Å². The number of nitrogens with one attached hydrogen (secondary N) is 2. The summed E-state index contributed by atoms with van der Waals surface area (Å²) in [5.74, 6) is -1.08. The van der Waals surface area contributed by atoms with Crippen LogP contribution < -0.4 is 20.1 Å². The quantitative estimate of drug-likeness (QED) is 0.696. The number of hydrogen-bond donors (Lipinski definition) is 3. The van der Waals surface area contributed by atoms with Gasteiger partial charge in [-0.1, -0.05) is 12.1 Å². The average Bonchev–Trinajstić information content (AvgIpc) is 3.12. The van der Waals surface area contributed by atoms with Crippen molar-refractivity contribution in [2.24, 2.45) is 0 Å². The van der Waals surface area contributed by atoms with E-state index in [2.05, 4.69) is 10.6 Å². The second-order valence-corrected chi connectivity index (χ2v) is 6.09. The van der Waals surface area contributed by atoms with E-state index < -0.39 is 23.7 Å². The van der Waals surface area contributed by atoms with Gasteiger partial charge in [0.2, 0.25) is 6.79 Å². The minimum absolute atomic E-state index is 0.0874. The molecule has 0 bridgehead atoms. The largest absolute Gasteiger partial charge is 0.454 e. The summed E-state index contributed by atoms with van der Waals surface area (Å²) in [6.45, 7) is 1.83. The predicted molar refractivity (Wildman–Crippen MR) is 94.9 cm³/mol. The van der Waals surface area contributed by atoms with Crippen LogP contribution in [0.2, 0.25) is 0 Å². The molecule has 27 heavy (non-hydrogen) atoms. The van der Waals surface area contributed by atoms with Crippen molar-refractivity contribution in [3.8, 4) is 11.5 Å². The standard InChI is InChI=1S/C19H19FN2O5/c1-11-2-4-13(9-14(11)20)22-19(25)18(24)21-7-6-15(23)12-3-5-16-17(8-12)27-10-26-16/h2-5,8-9,15,23H,6-7,10H2,1H3,(H,21,24)(H,22,25)/t15-/m0/s1. The maximum absolute atomic E-state index is 13.5. The predicted octanol–water partition coefficient (Wildman–Crippen LogP) is 2.04. The smallest absolute Gasteiger partial charge is 0.313 e. The second-order valence-electron chi connectivity index (χ2n) is 6.09. The summed E-state index contributed by atoms with van der Waals surface area (Å²) in [6.07, 6.45) is -0.633. The third-order valence-electron chi connectivity index (χ3n) is 4.12. The highest BCUT2D eigenvalue weighted by Gasteiger charge is 2.18. The molecule has 0 saturated carbocycles. The Hall–Kier alpha value is -3.13. The molecule has 1 heterocycles. The number of carbonyl (C=O) groups excluding carboxylic acids is 2. The van der Waals surface area contributed by atoms with Crippen molar-refractivity contribution in [2.45, 2.75) is 19.4 Å². The molecule has 2 aromatic rings. The molecule has 0 aliphatic carbocycles. The van der Waals surface area contributed by atoms with E-state index in [1.54, 1.807) is 25.1 Å². The monoisotopic (exact) mass is 374 g/mol. The van der Waals surface area contributed by atoms with Gasteiger partial charge in [-0.25, -0.2) is 4.39 Å². The van der Waals surface area contributed by atoms with Crippen molar-refractivity contribution in [3.63, 3.8) is 0 Å². The lowest BCUT2D eigenvalue weighted by molar-refractivity contribution is -0.136. The number of fused-ring (bicyclic) bond motifs is 1. The van der Waals surface area contributed by atoms with Crippen LogP contribution in [0.15, 0.2) is 36.4 Å². The Balaban J connectivity index is 1.47. The fourth-order valence-electron chi connectivity index (χ4n) is 2.55. The van der Waals surface area contributed by atoms with Gasteiger partial charge in [-0.3, -0.25) is 9.59 Å². The Labute approximate surface area is 155 Å². The lowest BCUT2D eigenvalue weighted by Crippen LogP contribution is -2.36. The molecule has 142 valence electrons. The summed E-state index contributed by atoms with van der Waals surface area (Å²) in [4.78, 5) is 23.7. The molecule has 1 atom stereocenters. The van der Waals surface area contributed by atoms with E-state index in [-0.39, 0.29) is 25.4 Å². The Kier molecular flexibility index (Phi) is 5.56. The van der Waals surface area contributed by atoms with Crippen molar-refractivity contribution >= 4 is 17.5 Å². The van der Waals surface area contributed by atoms with Crippen molar-refractivity contribution in [1.82, 2.24) is 5.32 Å². The Bertz CT molecular complexity index is 871. The van der Waals surface area contributed by atoms with Crippen LogP contribution in [-0.4, -0.2) is 30.3 Å². The number of halogens is 1. The molecule has 8 heteroatoms. The number of anilines is 1. The zero-order valence-electron chi connectivity index (χ0n) is 14.6. The summed E-state index contributed by atoms with van der Waals surface area (Å²) in [5.41, 5.74) is 1.25. The first kappa shape index (κ1) is 18.7. The first-order chi connectivity index (χ1) is 12.9. The molecular weight excluding hydrogens is 355 g/mol. The van der Waals surface area contributed by atoms with Gasteiger partial charge in [0.25, 0.3) is 0 Å². The third-order valence-corrected chi connectivity index (χ3v) is 4.12. The first-order valence-electron chi connectivity index (χ1n) is 8.37. The van der Waals surface area contributed by atoms with Crippen molar-refractivity contribution < 1.29 is 28.6 Å². The molecule has 0 aromatic heterocycles. The van der Waals surface area contributed by atoms with Gasteiger partial charge in [0.05, 0.1) is 6.10 Å². The van der Waals surface area contributed by atoms with E-state index in [4.69, 9.17) is 9.47 Å². The highest BCUT2D eigenvalue weighted by Crippen LogP contribution is 2.34. The number of rotatable bonds is 5. The summed E-state index contributed by atoms with van der Waals surface area (Å²) in [7, 11) is 0. The molecule has 2 amide bonds. The van der Waals surface area contributed by atoms with Gasteiger partial charge in [-0.15, -0.1) is 0 Å². The van der Waals surface area contributed by atoms with E-state index in [1.165, 1.54) is 12.1 Å². The zero-order valence-corrected chi connectivity index (χ0v) is 14.6. The molecule has 0 saturated heterocycles. The van der Waals surface area contributed by atoms with Gasteiger partial charge < -0.3 is 25.2 Å². The SMILES string of the molecule is Cc1ccc(NC(=O)C(=O)NCC[C@H](O)c2ccc3c(c2)OCO3)cc1F. The highest BCUT2D eigenvalue weighted by atomic mass is 19.1. The minimum atomic E-state index is -0.907. The Morgan fingerprint density at radius 2 is 1.93 bits per heavy atom. The first-order valence-corrected chi connectivity index (χ1v) is 8.37. The van der Waals surface area contributed by atoms with Crippen molar-refractivity contribution in [3.05, 3.63) is 53.3 Å². The Morgan fingerprint density at radius 1 is 1.15 bits per heavy atom. The number of amides is 2. The van der Waals surface area contributed by atoms with Crippen LogP contribution in [0, 0.1) is 12.7 Å². The van der Waals surface area contributed by atoms with Gasteiger partial charge in [0, 0.05) is 12.2 Å². The number of aryl methyl sites for hydroxylation is 1. The topological polar surface area (TPSA) is 96.9 Å². The Morgan fingerprint density at radius 3 is 2.70 bits per heavy atom. The number of aliphatic hydroxyl groups is 1. The molecular formula is C19H19FN2O5. The van der Waals surface area contributed by atoms with Gasteiger partial charge in [-0.05, 0) is 48.7 Å². The van der Waals surface area contributed by atoms with Crippen molar-refractivity contribution in [2.75, 3.05) is 18.7 Å². The van der Waals surface area contributed by atoms with Crippen LogP contribution >= 0.6 is 0 Å². The fourth-order valence-corrected chi connectivity index (χ4v) is 2.55. The lowest BCUT2D eigenvalue weighted by Gasteiger charge is -2.12. The number of hydrogen-bond acceptors (Lipinski definition) is 5. The summed E-state index contributed by atoms with van der Waals surface area (Å²) in [5, 5.41) is 15.0. The van der Waals surface area contributed by atoms with Crippen LogP contribution in [0.4, 0.5) is 10.1 Å². The number of ether oxygens (including phenoxy) is 2. The molecule has 3 N–H and O–H groups in total. The fraction of sp³-hybridized carbons (Fsp3) is 0.263. The van der Waals surface area contributed by atoms with E-state index in [0.29, 0.717) is 22.6 Å². The normalized spacial score (nSPS) is 13.1. The molecule has 0 radical (unpaired) electrons. The van der Waals surface area contributed by atoms with Gasteiger partial charge in [0.15, 0.2) is 11.5 Å². The minimum Gasteiger partial charge on any atom is -0.454 e. The summed E-state index contributed by atoms with van der Waals surface area (Å²) >= 11 is 0. The number of carbonyl (C=O) groups is 2. The van der Waals surface area contributed by atoms with Crippen LogP contribution in [0.5, 0.6) is 11.5 Å². The zero-order chi connectivity index (χ0) is 19.4. The molecule has 0 fully saturated rings. The molecule has 1 aliphatic heterocycles. The van der Waals surface area contributed by atoms with Gasteiger partial charge in [-0.2, -0.15) is 0 Å². The maximum atomic E-state index is 13.5. The lowest BCUT2D eigenvalue weighted by atomic mass is 10.1. The third kappa shape index (κ3) is 4.53. The van der Waals surface area contributed by atoms with Crippen molar-refractivity contribution in [1.29, 1.82) is 0 Å². The van der Waals surface area contributed by atoms with Crippen LogP contribution in [0.25, 0.3) is 0 Å². The summed E-state index contributed by atoms with van der Waals surface area (Å²) < 4.78 is 23.9. The molecule has 0 spiro atoms. The van der Waals surface area contributed by atoms with Gasteiger partial charge in [0.1, 0.15) is 5.82 Å². The molecule has 1 aliphatic rings. The van der Waals surface area contributed by atoms with E-state index >= 15 is 0 Å². The van der Waals surface area contributed by atoms with E-state index in [9.17, 15) is 19.1 Å². The second kappa shape index (κ2) is 8.05. The molecule has 7 nitrogen and oxygen atoms in total. The van der Waals surface area contributed by atoms with E-state index in [0.717, 1.165) is 6.07 Å². The molecule has 2 aromatic carbocycles. The summed E-state index contributed by atoms with van der Waals surface area (Å²) in [6, 6.07) is 9.24. The maximum Gasteiger partial charge on any atom is 0.313 e. The number of aliphatic hydroxyl groups excluding tert-OH is 1. The van der Waals surface area contributed by atoms with Crippen LogP contribution in [-0.2, 0) is 9.59 Å². The highest BCUT2D eigenvalue weighted by molar-refractivity contribution is 6.39. The van der Waals surface area contributed by atoms with Crippen LogP contribution in [0.1, 0.15) is 23.7 Å². The molecule has 0 unspecified atom stereocenters.